The van der Waals surface area contributed by atoms with Crippen LogP contribution in [-0.2, 0) is 9.01 Å². The lowest BCUT2D eigenvalue weighted by Crippen LogP contribution is -1.78. The molecule has 0 unspecified atom stereocenters. The first-order chi connectivity index (χ1) is 2.56. The average molecular weight is 125 g/mol. The van der Waals surface area contributed by atoms with Crippen LogP contribution in [0.25, 0.3) is 0 Å². The van der Waals surface area contributed by atoms with Crippen molar-refractivity contribution in [3.8, 4) is 0 Å². The van der Waals surface area contributed by atoms with Gasteiger partial charge in [-0.3, -0.25) is 0 Å². The summed E-state index contributed by atoms with van der Waals surface area (Å²) in [6.45, 7) is 0. The lowest BCUT2D eigenvalue weighted by Gasteiger charge is -1.94. The quantitative estimate of drug-likeness (QED) is 0.318. The lowest BCUT2D eigenvalue weighted by atomic mass is 10.6. The highest BCUT2D eigenvalue weighted by atomic mass is 31.2. The molecule has 0 fully saturated rings. The molecule has 0 spiro atoms. The van der Waals surface area contributed by atoms with E-state index in [1.54, 1.807) is 0 Å². The fourth-order valence-corrected chi connectivity index (χ4v) is 0. The Balaban J connectivity index is 0. The standard InChI is InChI=1S/BH2O4P.H3N/c1-5-6(2,3)4;/h(H2,2,3,4);1H3. The summed E-state index contributed by atoms with van der Waals surface area (Å²) in [6, 6.07) is 0. The van der Waals surface area contributed by atoms with Crippen LogP contribution in [0, 0.1) is 0 Å². The monoisotopic (exact) mass is 125 g/mol. The van der Waals surface area contributed by atoms with Gasteiger partial charge in [0.1, 0.15) is 0 Å². The Morgan fingerprint density at radius 3 is 1.71 bits per heavy atom. The van der Waals surface area contributed by atoms with Crippen LogP contribution in [0.2, 0.25) is 0 Å². The molecule has 7 heteroatoms. The molecule has 0 bridgehead atoms. The lowest BCUT2D eigenvalue weighted by molar-refractivity contribution is 0.292. The van der Waals surface area contributed by atoms with Gasteiger partial charge in [0.05, 0.1) is 0 Å². The average Bonchev–Trinajstić information content (AvgIpc) is 1.35. The first-order valence-corrected chi connectivity index (χ1v) is 2.53. The molecular weight excluding hydrogens is 120 g/mol. The zero-order chi connectivity index (χ0) is 5.21. The van der Waals surface area contributed by atoms with Crippen LogP contribution in [0.4, 0.5) is 0 Å². The number of rotatable bonds is 1. The van der Waals surface area contributed by atoms with Crippen molar-refractivity contribution in [2.45, 2.75) is 0 Å². The van der Waals surface area contributed by atoms with E-state index < -0.39 is 7.82 Å². The Hall–Kier alpha value is 0.135. The van der Waals surface area contributed by atoms with Gasteiger partial charge in [0, 0.05) is 0 Å². The third kappa shape index (κ3) is 10.7. The van der Waals surface area contributed by atoms with Crippen molar-refractivity contribution in [1.29, 1.82) is 0 Å². The van der Waals surface area contributed by atoms with E-state index in [0.29, 0.717) is 0 Å². The Morgan fingerprint density at radius 1 is 1.57 bits per heavy atom. The molecule has 0 heterocycles. The van der Waals surface area contributed by atoms with Gasteiger partial charge in [-0.25, -0.2) is 4.57 Å². The van der Waals surface area contributed by atoms with Crippen LogP contribution in [0.1, 0.15) is 0 Å². The van der Waals surface area contributed by atoms with Crippen LogP contribution in [0.5, 0.6) is 0 Å². The highest BCUT2D eigenvalue weighted by molar-refractivity contribution is 7.47. The predicted molar refractivity (Wildman–Crippen MR) is 23.9 cm³/mol. The molecule has 0 aromatic carbocycles. The van der Waals surface area contributed by atoms with Crippen LogP contribution in [0.15, 0.2) is 0 Å². The zero-order valence-electron chi connectivity index (χ0n) is 3.44. The van der Waals surface area contributed by atoms with E-state index in [1.165, 1.54) is 0 Å². The van der Waals surface area contributed by atoms with Gasteiger partial charge in [0.25, 0.3) is 8.05 Å². The fourth-order valence-electron chi connectivity index (χ4n) is 0. The summed E-state index contributed by atoms with van der Waals surface area (Å²) in [4.78, 5) is 15.2. The summed E-state index contributed by atoms with van der Waals surface area (Å²) in [5, 5.41) is 0. The third-order valence-corrected chi connectivity index (χ3v) is 0.412. The molecule has 5 nitrogen and oxygen atoms in total. The smallest absolute Gasteiger partial charge is 0.362 e. The first-order valence-electron chi connectivity index (χ1n) is 1.00. The Kier molecular flexibility index (Phi) is 4.62. The maximum atomic E-state index is 9.35. The van der Waals surface area contributed by atoms with E-state index >= 15 is 0 Å². The second-order valence-corrected chi connectivity index (χ2v) is 1.79. The highest BCUT2D eigenvalue weighted by Gasteiger charge is 2.06. The predicted octanol–water partition coefficient (Wildman–Crippen LogP) is -0.659. The summed E-state index contributed by atoms with van der Waals surface area (Å²) in [7, 11) is -0.326. The van der Waals surface area contributed by atoms with Gasteiger partial charge in [0.2, 0.25) is 0 Å². The fraction of sp³-hybridized carbons (Fsp3) is 0. The van der Waals surface area contributed by atoms with Crippen molar-refractivity contribution in [2.75, 3.05) is 0 Å². The molecule has 0 aliphatic heterocycles. The van der Waals surface area contributed by atoms with E-state index in [9.17, 15) is 4.57 Å². The van der Waals surface area contributed by atoms with Gasteiger partial charge in [-0.1, -0.05) is 0 Å². The number of hydrogen-bond donors (Lipinski definition) is 3. The van der Waals surface area contributed by atoms with Crippen molar-refractivity contribution in [1.82, 2.24) is 6.15 Å². The van der Waals surface area contributed by atoms with E-state index in [-0.39, 0.29) is 6.15 Å². The number of hydrogen-bond acceptors (Lipinski definition) is 3. The van der Waals surface area contributed by atoms with Crippen molar-refractivity contribution in [2.24, 2.45) is 0 Å². The van der Waals surface area contributed by atoms with Crippen LogP contribution in [0.3, 0.4) is 0 Å². The largest absolute Gasteiger partial charge is 0.454 e. The minimum Gasteiger partial charge on any atom is -0.362 e. The number of phosphoric acid groups is 1. The molecule has 0 aliphatic carbocycles. The zero-order valence-corrected chi connectivity index (χ0v) is 4.34. The van der Waals surface area contributed by atoms with Crippen LogP contribution in [-0.4, -0.2) is 17.8 Å². The molecule has 0 aliphatic rings. The van der Waals surface area contributed by atoms with Crippen molar-refractivity contribution in [3.63, 3.8) is 0 Å². The molecule has 0 amide bonds. The Morgan fingerprint density at radius 2 is 1.71 bits per heavy atom. The maximum Gasteiger partial charge on any atom is 0.454 e. The van der Waals surface area contributed by atoms with E-state index in [1.807, 2.05) is 0 Å². The molecule has 0 saturated carbocycles. The maximum absolute atomic E-state index is 9.35. The summed E-state index contributed by atoms with van der Waals surface area (Å²) in [5.41, 5.74) is 0. The van der Waals surface area contributed by atoms with Gasteiger partial charge in [-0.15, -0.1) is 0 Å². The first kappa shape index (κ1) is 10.2. The SMILES string of the molecule is N.[B]OP(=O)(O)O. The normalized spacial score (nSPS) is 10.0. The van der Waals surface area contributed by atoms with Gasteiger partial charge < -0.3 is 20.4 Å². The van der Waals surface area contributed by atoms with E-state index in [0.717, 1.165) is 0 Å². The molecule has 2 radical (unpaired) electrons. The summed E-state index contributed by atoms with van der Waals surface area (Å²) in [5.74, 6) is 0. The minimum atomic E-state index is -4.37. The van der Waals surface area contributed by atoms with Crippen LogP contribution >= 0.6 is 7.82 Å². The summed E-state index contributed by atoms with van der Waals surface area (Å²) < 4.78 is 12.5. The molecule has 7 heavy (non-hydrogen) atoms. The van der Waals surface area contributed by atoms with Gasteiger partial charge in [-0.2, -0.15) is 0 Å². The molecule has 0 aromatic rings. The second-order valence-electron chi connectivity index (χ2n) is 0.596. The topological polar surface area (TPSA) is 102 Å². The van der Waals surface area contributed by atoms with Gasteiger partial charge >= 0.3 is 7.82 Å². The van der Waals surface area contributed by atoms with Crippen molar-refractivity contribution in [3.05, 3.63) is 0 Å². The third-order valence-electron chi connectivity index (χ3n) is 0.137. The molecule has 0 rings (SSSR count). The Bertz CT molecular complexity index is 75.8. The summed E-state index contributed by atoms with van der Waals surface area (Å²) >= 11 is 0. The second kappa shape index (κ2) is 3.18. The van der Waals surface area contributed by atoms with Crippen molar-refractivity contribution < 1.29 is 18.8 Å². The molecular formula is H5BNO4P. The van der Waals surface area contributed by atoms with Crippen LogP contribution < -0.4 is 6.15 Å². The summed E-state index contributed by atoms with van der Waals surface area (Å²) in [6.07, 6.45) is 0. The minimum absolute atomic E-state index is 0. The van der Waals surface area contributed by atoms with E-state index in [4.69, 9.17) is 9.79 Å². The molecule has 0 saturated heterocycles. The molecule has 0 aromatic heterocycles. The molecule has 42 valence electrons. The van der Waals surface area contributed by atoms with Gasteiger partial charge in [-0.05, 0) is 0 Å². The molecule has 0 atom stereocenters. The van der Waals surface area contributed by atoms with Crippen molar-refractivity contribution >= 4 is 15.9 Å². The highest BCUT2D eigenvalue weighted by Crippen LogP contribution is 2.33. The molecule has 5 N–H and O–H groups in total. The Labute approximate surface area is 41.9 Å². The van der Waals surface area contributed by atoms with E-state index in [2.05, 4.69) is 12.5 Å². The van der Waals surface area contributed by atoms with Gasteiger partial charge in [0.15, 0.2) is 0 Å².